The molecule has 3 rings (SSSR count). The van der Waals surface area contributed by atoms with E-state index in [1.165, 1.54) is 0 Å². The van der Waals surface area contributed by atoms with Crippen LogP contribution in [0.1, 0.15) is 50.7 Å². The molecule has 0 N–H and O–H groups in total. The number of ketones is 1. The van der Waals surface area contributed by atoms with Crippen LogP contribution in [0.3, 0.4) is 0 Å². The molecule has 1 saturated carbocycles. The first kappa shape index (κ1) is 30.3. The van der Waals surface area contributed by atoms with Crippen molar-refractivity contribution in [1.82, 2.24) is 0 Å². The molecular formula is C31H34O9. The van der Waals surface area contributed by atoms with Crippen LogP contribution in [-0.4, -0.2) is 42.9 Å². The third kappa shape index (κ3) is 9.48. The van der Waals surface area contributed by atoms with Gasteiger partial charge in [0, 0.05) is 25.3 Å². The van der Waals surface area contributed by atoms with Gasteiger partial charge in [0.2, 0.25) is 5.78 Å². The van der Waals surface area contributed by atoms with Crippen LogP contribution in [0.25, 0.3) is 0 Å². The highest BCUT2D eigenvalue weighted by Crippen LogP contribution is 2.31. The zero-order valence-corrected chi connectivity index (χ0v) is 22.8. The van der Waals surface area contributed by atoms with E-state index in [0.717, 1.165) is 18.1 Å². The summed E-state index contributed by atoms with van der Waals surface area (Å²) in [5, 5.41) is 0. The molecule has 40 heavy (non-hydrogen) atoms. The van der Waals surface area contributed by atoms with Gasteiger partial charge in [-0.1, -0.05) is 30.8 Å². The Morgan fingerprint density at radius 2 is 1.02 bits per heavy atom. The number of ether oxygens (including phenoxy) is 4. The molecule has 0 saturated heterocycles. The third-order valence-electron chi connectivity index (χ3n) is 6.56. The predicted molar refractivity (Wildman–Crippen MR) is 144 cm³/mol. The van der Waals surface area contributed by atoms with Gasteiger partial charge in [-0.2, -0.15) is 0 Å². The van der Waals surface area contributed by atoms with Gasteiger partial charge in [-0.3, -0.25) is 14.4 Å². The largest absolute Gasteiger partial charge is 0.462 e. The van der Waals surface area contributed by atoms with Crippen molar-refractivity contribution in [3.63, 3.8) is 0 Å². The molecule has 0 heterocycles. The monoisotopic (exact) mass is 550 g/mol. The molecule has 0 spiro atoms. The van der Waals surface area contributed by atoms with Crippen LogP contribution in [0, 0.1) is 11.8 Å². The Balaban J connectivity index is 1.37. The van der Waals surface area contributed by atoms with E-state index in [1.54, 1.807) is 43.3 Å². The third-order valence-corrected chi connectivity index (χ3v) is 6.56. The minimum absolute atomic E-state index is 0.0866. The molecule has 0 aromatic heterocycles. The molecule has 9 heteroatoms. The number of Topliss-reactive ketones (excluding diaryl/α,β-unsaturated/α-hetero) is 1. The van der Waals surface area contributed by atoms with E-state index in [2.05, 4.69) is 6.58 Å². The van der Waals surface area contributed by atoms with Crippen LogP contribution in [0.4, 0.5) is 0 Å². The first-order valence-corrected chi connectivity index (χ1v) is 13.2. The molecule has 9 nitrogen and oxygen atoms in total. The molecule has 0 amide bonds. The van der Waals surface area contributed by atoms with E-state index in [4.69, 9.17) is 18.9 Å². The molecule has 212 valence electrons. The van der Waals surface area contributed by atoms with E-state index in [9.17, 15) is 24.0 Å². The average molecular weight is 551 g/mol. The van der Waals surface area contributed by atoms with Crippen molar-refractivity contribution in [2.45, 2.75) is 52.4 Å². The fraction of sp³-hybridized carbons (Fsp3) is 0.387. The maximum atomic E-state index is 12.7. The van der Waals surface area contributed by atoms with Gasteiger partial charge in [-0.15, -0.1) is 0 Å². The van der Waals surface area contributed by atoms with E-state index in [1.807, 2.05) is 12.1 Å². The standard InChI is InChI=1S/C31H34O9/c1-20(2)28(33)37-18-16-22-4-12-26(13-5-22)39-30(35)24-8-10-25(11-9-24)31(36)40-27-14-6-23(7-15-27)17-19-38-29(34)21(3)32/h4-7,12-15,24-25H,1,8-11,16-19H2,2-3H3. The second kappa shape index (κ2) is 14.8. The first-order chi connectivity index (χ1) is 19.1. The van der Waals surface area contributed by atoms with Gasteiger partial charge in [-0.05, 0) is 68.0 Å². The Morgan fingerprint density at radius 1 is 0.650 bits per heavy atom. The highest BCUT2D eigenvalue weighted by molar-refractivity contribution is 6.32. The molecule has 1 aliphatic rings. The number of benzene rings is 2. The summed E-state index contributed by atoms with van der Waals surface area (Å²) >= 11 is 0. The first-order valence-electron chi connectivity index (χ1n) is 13.2. The zero-order valence-electron chi connectivity index (χ0n) is 22.8. The second-order valence-electron chi connectivity index (χ2n) is 9.79. The summed E-state index contributed by atoms with van der Waals surface area (Å²) in [6, 6.07) is 13.9. The number of esters is 4. The number of carbonyl (C=O) groups excluding carboxylic acids is 5. The maximum absolute atomic E-state index is 12.7. The number of carbonyl (C=O) groups is 5. The van der Waals surface area contributed by atoms with Gasteiger partial charge in [0.15, 0.2) is 0 Å². The Hall–Kier alpha value is -4.27. The average Bonchev–Trinajstić information content (AvgIpc) is 2.94. The van der Waals surface area contributed by atoms with Crippen LogP contribution in [0.5, 0.6) is 11.5 Å². The molecule has 0 unspecified atom stereocenters. The minimum atomic E-state index is -0.861. The Labute approximate surface area is 233 Å². The quantitative estimate of drug-likeness (QED) is 0.164. The lowest BCUT2D eigenvalue weighted by molar-refractivity contribution is -0.152. The van der Waals surface area contributed by atoms with E-state index in [0.29, 0.717) is 55.6 Å². The number of rotatable bonds is 12. The van der Waals surface area contributed by atoms with Crippen molar-refractivity contribution in [2.75, 3.05) is 13.2 Å². The van der Waals surface area contributed by atoms with Crippen LogP contribution in [-0.2, 0) is 46.3 Å². The Bertz CT molecular complexity index is 1120. The number of hydrogen-bond acceptors (Lipinski definition) is 9. The molecule has 0 atom stereocenters. The van der Waals surface area contributed by atoms with Crippen molar-refractivity contribution in [1.29, 1.82) is 0 Å². The van der Waals surface area contributed by atoms with Gasteiger partial charge in [0.05, 0.1) is 25.0 Å². The fourth-order valence-corrected chi connectivity index (χ4v) is 4.16. The number of hydrogen-bond donors (Lipinski definition) is 0. The van der Waals surface area contributed by atoms with Crippen molar-refractivity contribution in [2.24, 2.45) is 11.8 Å². The van der Waals surface area contributed by atoms with Gasteiger partial charge in [-0.25, -0.2) is 9.59 Å². The van der Waals surface area contributed by atoms with Crippen LogP contribution in [0.15, 0.2) is 60.7 Å². The van der Waals surface area contributed by atoms with Gasteiger partial charge >= 0.3 is 23.9 Å². The van der Waals surface area contributed by atoms with E-state index < -0.39 is 17.7 Å². The molecule has 1 aliphatic carbocycles. The summed E-state index contributed by atoms with van der Waals surface area (Å²) in [5.74, 6) is -2.32. The lowest BCUT2D eigenvalue weighted by atomic mass is 9.82. The van der Waals surface area contributed by atoms with Crippen molar-refractivity contribution < 1.29 is 42.9 Å². The summed E-state index contributed by atoms with van der Waals surface area (Å²) in [5.41, 5.74) is 2.16. The zero-order chi connectivity index (χ0) is 29.1. The highest BCUT2D eigenvalue weighted by atomic mass is 16.5. The van der Waals surface area contributed by atoms with Crippen LogP contribution >= 0.6 is 0 Å². The fourth-order valence-electron chi connectivity index (χ4n) is 4.16. The van der Waals surface area contributed by atoms with Gasteiger partial charge < -0.3 is 18.9 Å². The van der Waals surface area contributed by atoms with Crippen LogP contribution < -0.4 is 9.47 Å². The molecule has 2 aromatic rings. The Morgan fingerprint density at radius 3 is 1.38 bits per heavy atom. The maximum Gasteiger partial charge on any atom is 0.374 e. The van der Waals surface area contributed by atoms with Crippen molar-refractivity contribution in [3.05, 3.63) is 71.8 Å². The molecule has 0 aliphatic heterocycles. The topological polar surface area (TPSA) is 122 Å². The minimum Gasteiger partial charge on any atom is -0.462 e. The summed E-state index contributed by atoms with van der Waals surface area (Å²) in [6.07, 6.45) is 3.09. The Kier molecular flexibility index (Phi) is 11.2. The normalized spacial score (nSPS) is 16.4. The lowest BCUT2D eigenvalue weighted by Gasteiger charge is -2.25. The van der Waals surface area contributed by atoms with Gasteiger partial charge in [0.25, 0.3) is 0 Å². The summed E-state index contributed by atoms with van der Waals surface area (Å²) in [6.45, 7) is 6.62. The second-order valence-corrected chi connectivity index (χ2v) is 9.79. The molecular weight excluding hydrogens is 516 g/mol. The smallest absolute Gasteiger partial charge is 0.374 e. The predicted octanol–water partition coefficient (Wildman–Crippen LogP) is 4.34. The summed E-state index contributed by atoms with van der Waals surface area (Å²) in [4.78, 5) is 58.9. The molecule has 2 aromatic carbocycles. The van der Waals surface area contributed by atoms with Crippen molar-refractivity contribution in [3.8, 4) is 11.5 Å². The highest BCUT2D eigenvalue weighted by Gasteiger charge is 2.32. The molecule has 0 bridgehead atoms. The molecule has 1 fully saturated rings. The lowest BCUT2D eigenvalue weighted by Crippen LogP contribution is -2.30. The van der Waals surface area contributed by atoms with Crippen molar-refractivity contribution >= 4 is 29.7 Å². The van der Waals surface area contributed by atoms with Gasteiger partial charge in [0.1, 0.15) is 11.5 Å². The van der Waals surface area contributed by atoms with E-state index in [-0.39, 0.29) is 37.0 Å². The van der Waals surface area contributed by atoms with Crippen LogP contribution in [0.2, 0.25) is 0 Å². The molecule has 0 radical (unpaired) electrons. The SMILES string of the molecule is C=C(C)C(=O)OCCc1ccc(OC(=O)C2CCC(C(=O)Oc3ccc(CCOC(=O)C(C)=O)cc3)CC2)cc1. The summed E-state index contributed by atoms with van der Waals surface area (Å²) in [7, 11) is 0. The summed E-state index contributed by atoms with van der Waals surface area (Å²) < 4.78 is 21.0. The van der Waals surface area contributed by atoms with E-state index >= 15 is 0 Å².